The SMILES string of the molecule is Cc1ccc(Cc2c(C(=O)Nc3ccc(Cl)cc3C(F)(F)F)sc3ccccc23)cc1. The molecular formula is C24H17ClF3NOS. The van der Waals surface area contributed by atoms with Gasteiger partial charge in [-0.25, -0.2) is 0 Å². The molecule has 7 heteroatoms. The van der Waals surface area contributed by atoms with Crippen molar-refractivity contribution in [3.05, 3.63) is 98.9 Å². The zero-order valence-electron chi connectivity index (χ0n) is 16.4. The molecule has 4 aromatic rings. The number of hydrogen-bond acceptors (Lipinski definition) is 2. The first-order valence-electron chi connectivity index (χ1n) is 9.46. The summed E-state index contributed by atoms with van der Waals surface area (Å²) in [5.74, 6) is -0.573. The third-order valence-electron chi connectivity index (χ3n) is 4.94. The minimum atomic E-state index is -4.64. The number of anilines is 1. The second-order valence-electron chi connectivity index (χ2n) is 7.21. The number of alkyl halides is 3. The number of hydrogen-bond donors (Lipinski definition) is 1. The van der Waals surface area contributed by atoms with Crippen LogP contribution in [0.2, 0.25) is 5.02 Å². The van der Waals surface area contributed by atoms with E-state index in [0.717, 1.165) is 32.8 Å². The molecule has 0 bridgehead atoms. The molecule has 1 N–H and O–H groups in total. The third kappa shape index (κ3) is 4.60. The van der Waals surface area contributed by atoms with Gasteiger partial charge in [-0.05, 0) is 54.1 Å². The van der Waals surface area contributed by atoms with Crippen LogP contribution in [0, 0.1) is 6.92 Å². The zero-order chi connectivity index (χ0) is 22.2. The summed E-state index contributed by atoms with van der Waals surface area (Å²) in [4.78, 5) is 13.5. The summed E-state index contributed by atoms with van der Waals surface area (Å²) in [6, 6.07) is 18.9. The molecule has 1 heterocycles. The molecule has 158 valence electrons. The molecule has 4 rings (SSSR count). The summed E-state index contributed by atoms with van der Waals surface area (Å²) in [6.45, 7) is 1.99. The molecule has 1 aromatic heterocycles. The fourth-order valence-electron chi connectivity index (χ4n) is 3.41. The van der Waals surface area contributed by atoms with Gasteiger partial charge in [0.05, 0.1) is 16.1 Å². The lowest BCUT2D eigenvalue weighted by atomic mass is 10.0. The van der Waals surface area contributed by atoms with Gasteiger partial charge in [-0.2, -0.15) is 13.2 Å². The molecule has 0 aliphatic carbocycles. The number of amides is 1. The highest BCUT2D eigenvalue weighted by molar-refractivity contribution is 7.21. The van der Waals surface area contributed by atoms with Gasteiger partial charge < -0.3 is 5.32 Å². The lowest BCUT2D eigenvalue weighted by Crippen LogP contribution is -2.17. The van der Waals surface area contributed by atoms with E-state index >= 15 is 0 Å². The van der Waals surface area contributed by atoms with Crippen molar-refractivity contribution in [2.75, 3.05) is 5.32 Å². The molecule has 1 amide bonds. The van der Waals surface area contributed by atoms with Crippen molar-refractivity contribution in [1.82, 2.24) is 0 Å². The van der Waals surface area contributed by atoms with Crippen LogP contribution in [0.15, 0.2) is 66.7 Å². The largest absolute Gasteiger partial charge is 0.418 e. The van der Waals surface area contributed by atoms with E-state index in [9.17, 15) is 18.0 Å². The summed E-state index contributed by atoms with van der Waals surface area (Å²) in [7, 11) is 0. The van der Waals surface area contributed by atoms with Crippen LogP contribution < -0.4 is 5.32 Å². The number of rotatable bonds is 4. The van der Waals surface area contributed by atoms with Crippen LogP contribution in [0.1, 0.15) is 31.9 Å². The average Bonchev–Trinajstić information content (AvgIpc) is 3.09. The van der Waals surface area contributed by atoms with Gasteiger partial charge in [0.25, 0.3) is 5.91 Å². The molecule has 0 radical (unpaired) electrons. The van der Waals surface area contributed by atoms with E-state index in [1.54, 1.807) is 0 Å². The smallest absolute Gasteiger partial charge is 0.321 e. The van der Waals surface area contributed by atoms with Crippen LogP contribution in [0.3, 0.4) is 0 Å². The van der Waals surface area contributed by atoms with E-state index in [4.69, 9.17) is 11.6 Å². The number of benzene rings is 3. The molecule has 0 aliphatic rings. The Hall–Kier alpha value is -2.83. The lowest BCUT2D eigenvalue weighted by molar-refractivity contribution is -0.136. The van der Waals surface area contributed by atoms with E-state index in [0.29, 0.717) is 11.3 Å². The van der Waals surface area contributed by atoms with Crippen molar-refractivity contribution < 1.29 is 18.0 Å². The van der Waals surface area contributed by atoms with Crippen molar-refractivity contribution in [3.63, 3.8) is 0 Å². The summed E-state index contributed by atoms with van der Waals surface area (Å²) < 4.78 is 41.2. The maximum absolute atomic E-state index is 13.4. The topological polar surface area (TPSA) is 29.1 Å². The number of aryl methyl sites for hydroxylation is 1. The van der Waals surface area contributed by atoms with E-state index in [1.165, 1.54) is 23.5 Å². The Balaban J connectivity index is 1.74. The first kappa shape index (κ1) is 21.4. The second-order valence-corrected chi connectivity index (χ2v) is 8.70. The molecule has 31 heavy (non-hydrogen) atoms. The zero-order valence-corrected chi connectivity index (χ0v) is 18.0. The number of carbonyl (C=O) groups excluding carboxylic acids is 1. The van der Waals surface area contributed by atoms with Gasteiger partial charge in [0.2, 0.25) is 0 Å². The molecular weight excluding hydrogens is 443 g/mol. The number of nitrogens with one attached hydrogen (secondary N) is 1. The number of thiophene rings is 1. The van der Waals surface area contributed by atoms with E-state index in [2.05, 4.69) is 5.32 Å². The van der Waals surface area contributed by atoms with Crippen molar-refractivity contribution >= 4 is 44.6 Å². The molecule has 0 unspecified atom stereocenters. The van der Waals surface area contributed by atoms with Crippen LogP contribution in [0.4, 0.5) is 18.9 Å². The number of halogens is 4. The van der Waals surface area contributed by atoms with Crippen LogP contribution in [0.5, 0.6) is 0 Å². The van der Waals surface area contributed by atoms with Crippen LogP contribution in [0.25, 0.3) is 10.1 Å². The minimum Gasteiger partial charge on any atom is -0.321 e. The monoisotopic (exact) mass is 459 g/mol. The standard InChI is InChI=1S/C24H17ClF3NOS/c1-14-6-8-15(9-7-14)12-18-17-4-2-3-5-21(17)31-22(18)23(30)29-20-11-10-16(25)13-19(20)24(26,27)28/h2-11,13H,12H2,1H3,(H,29,30). The van der Waals surface area contributed by atoms with Crippen molar-refractivity contribution in [1.29, 1.82) is 0 Å². The molecule has 0 fully saturated rings. The summed E-state index contributed by atoms with van der Waals surface area (Å²) in [5, 5.41) is 3.32. The van der Waals surface area contributed by atoms with Crippen molar-refractivity contribution in [2.45, 2.75) is 19.5 Å². The summed E-state index contributed by atoms with van der Waals surface area (Å²) >= 11 is 7.02. The van der Waals surface area contributed by atoms with E-state index < -0.39 is 17.6 Å². The first-order chi connectivity index (χ1) is 14.7. The number of fused-ring (bicyclic) bond motifs is 1. The van der Waals surface area contributed by atoms with Gasteiger partial charge in [-0.15, -0.1) is 11.3 Å². The van der Waals surface area contributed by atoms with Gasteiger partial charge in [-0.1, -0.05) is 59.6 Å². The quantitative estimate of drug-likeness (QED) is 0.332. The third-order valence-corrected chi connectivity index (χ3v) is 6.39. The van der Waals surface area contributed by atoms with E-state index in [-0.39, 0.29) is 10.7 Å². The highest BCUT2D eigenvalue weighted by Gasteiger charge is 2.34. The molecule has 0 saturated carbocycles. The Morgan fingerprint density at radius 3 is 2.45 bits per heavy atom. The Morgan fingerprint density at radius 2 is 1.74 bits per heavy atom. The summed E-state index contributed by atoms with van der Waals surface area (Å²) in [5.41, 5.74) is 1.64. The highest BCUT2D eigenvalue weighted by atomic mass is 35.5. The maximum Gasteiger partial charge on any atom is 0.418 e. The highest BCUT2D eigenvalue weighted by Crippen LogP contribution is 2.38. The Bertz CT molecular complexity index is 1260. The first-order valence-corrected chi connectivity index (χ1v) is 10.7. The van der Waals surface area contributed by atoms with Crippen LogP contribution >= 0.6 is 22.9 Å². The lowest BCUT2D eigenvalue weighted by Gasteiger charge is -2.14. The Labute approximate surface area is 186 Å². The maximum atomic E-state index is 13.4. The fourth-order valence-corrected chi connectivity index (χ4v) is 4.70. The Morgan fingerprint density at radius 1 is 1.03 bits per heavy atom. The molecule has 0 saturated heterocycles. The predicted octanol–water partition coefficient (Wildman–Crippen LogP) is 7.73. The van der Waals surface area contributed by atoms with Gasteiger partial charge in [0.15, 0.2) is 0 Å². The van der Waals surface area contributed by atoms with Crippen molar-refractivity contribution in [2.24, 2.45) is 0 Å². The van der Waals surface area contributed by atoms with Gasteiger partial charge in [0.1, 0.15) is 0 Å². The molecule has 2 nitrogen and oxygen atoms in total. The normalized spacial score (nSPS) is 11.6. The van der Waals surface area contributed by atoms with Crippen molar-refractivity contribution in [3.8, 4) is 0 Å². The number of carbonyl (C=O) groups is 1. The van der Waals surface area contributed by atoms with Crippen LogP contribution in [-0.2, 0) is 12.6 Å². The Kier molecular flexibility index (Phi) is 5.77. The molecule has 0 aliphatic heterocycles. The average molecular weight is 460 g/mol. The van der Waals surface area contributed by atoms with Gasteiger partial charge >= 0.3 is 6.18 Å². The molecule has 3 aromatic carbocycles. The molecule has 0 atom stereocenters. The minimum absolute atomic E-state index is 0.0488. The summed E-state index contributed by atoms with van der Waals surface area (Å²) in [6.07, 6.45) is -4.14. The van der Waals surface area contributed by atoms with E-state index in [1.807, 2.05) is 55.5 Å². The van der Waals surface area contributed by atoms with Crippen LogP contribution in [-0.4, -0.2) is 5.91 Å². The predicted molar refractivity (Wildman–Crippen MR) is 120 cm³/mol. The fraction of sp³-hybridized carbons (Fsp3) is 0.125. The molecule has 0 spiro atoms. The second kappa shape index (κ2) is 8.36. The van der Waals surface area contributed by atoms with Gasteiger partial charge in [-0.3, -0.25) is 4.79 Å². The van der Waals surface area contributed by atoms with Gasteiger partial charge in [0, 0.05) is 9.72 Å².